The van der Waals surface area contributed by atoms with Crippen molar-refractivity contribution in [2.75, 3.05) is 13.1 Å². The van der Waals surface area contributed by atoms with E-state index in [0.717, 1.165) is 29.3 Å². The molecule has 2 heterocycles. The number of piperidine rings is 1. The number of amides is 1. The summed E-state index contributed by atoms with van der Waals surface area (Å²) in [7, 11) is -3.58. The maximum atomic E-state index is 13.1. The highest BCUT2D eigenvalue weighted by Crippen LogP contribution is 2.35. The number of H-pyrrole nitrogens is 1. The van der Waals surface area contributed by atoms with Crippen LogP contribution in [0.5, 0.6) is 0 Å². The van der Waals surface area contributed by atoms with Crippen LogP contribution in [0.2, 0.25) is 0 Å². The van der Waals surface area contributed by atoms with Gasteiger partial charge in [0, 0.05) is 30.2 Å². The highest BCUT2D eigenvalue weighted by Gasteiger charge is 2.29. The lowest BCUT2D eigenvalue weighted by Gasteiger charge is -2.33. The van der Waals surface area contributed by atoms with Crippen molar-refractivity contribution in [3.05, 3.63) is 60.3 Å². The Hall–Kier alpha value is -2.80. The topological polar surface area (TPSA) is 79.5 Å². The highest BCUT2D eigenvalue weighted by molar-refractivity contribution is 7.91. The van der Waals surface area contributed by atoms with Crippen LogP contribution in [0.3, 0.4) is 0 Å². The summed E-state index contributed by atoms with van der Waals surface area (Å²) < 4.78 is 31.6. The minimum absolute atomic E-state index is 0.252. The number of nitrogens with one attached hydrogen (secondary N) is 1. The fraction of sp³-hybridized carbons (Fsp3) is 0.375. The summed E-state index contributed by atoms with van der Waals surface area (Å²) >= 11 is 0. The second-order valence-corrected chi connectivity index (χ2v) is 11.0. The number of sulfone groups is 1. The quantitative estimate of drug-likeness (QED) is 0.613. The zero-order valence-electron chi connectivity index (χ0n) is 18.1. The van der Waals surface area contributed by atoms with Crippen molar-refractivity contribution in [2.24, 2.45) is 0 Å². The van der Waals surface area contributed by atoms with Crippen molar-refractivity contribution in [3.63, 3.8) is 0 Å². The second kappa shape index (κ2) is 8.04. The number of aromatic nitrogens is 1. The fourth-order valence-electron chi connectivity index (χ4n) is 4.06. The van der Waals surface area contributed by atoms with Crippen molar-refractivity contribution in [1.82, 2.24) is 9.88 Å². The zero-order valence-corrected chi connectivity index (χ0v) is 18.9. The molecule has 4 rings (SSSR count). The Labute approximate surface area is 183 Å². The van der Waals surface area contributed by atoms with Gasteiger partial charge in [0.15, 0.2) is 0 Å². The van der Waals surface area contributed by atoms with Crippen molar-refractivity contribution < 1.29 is 17.9 Å². The van der Waals surface area contributed by atoms with Crippen LogP contribution in [0, 0.1) is 0 Å². The number of hydrogen-bond donors (Lipinski definition) is 1. The van der Waals surface area contributed by atoms with Gasteiger partial charge in [0.2, 0.25) is 9.84 Å². The maximum absolute atomic E-state index is 13.1. The van der Waals surface area contributed by atoms with E-state index in [1.807, 2.05) is 33.0 Å². The Morgan fingerprint density at radius 1 is 1.03 bits per heavy atom. The molecule has 164 valence electrons. The number of rotatable bonds is 3. The van der Waals surface area contributed by atoms with Gasteiger partial charge in [-0.25, -0.2) is 13.2 Å². The van der Waals surface area contributed by atoms with Crippen molar-refractivity contribution in [1.29, 1.82) is 0 Å². The molecule has 1 N–H and O–H groups in total. The summed E-state index contributed by atoms with van der Waals surface area (Å²) in [5.41, 5.74) is 1.51. The van der Waals surface area contributed by atoms with E-state index in [1.54, 1.807) is 47.4 Å². The number of likely N-dealkylation sites (tertiary alicyclic amines) is 1. The van der Waals surface area contributed by atoms with Gasteiger partial charge in [-0.3, -0.25) is 0 Å². The monoisotopic (exact) mass is 440 g/mol. The van der Waals surface area contributed by atoms with E-state index in [4.69, 9.17) is 4.74 Å². The first-order valence-corrected chi connectivity index (χ1v) is 12.0. The minimum atomic E-state index is -3.58. The lowest BCUT2D eigenvalue weighted by atomic mass is 9.89. The molecular weight excluding hydrogens is 412 g/mol. The van der Waals surface area contributed by atoms with Gasteiger partial charge in [0.25, 0.3) is 0 Å². The maximum Gasteiger partial charge on any atom is 0.410 e. The smallest absolute Gasteiger partial charge is 0.410 e. The Bertz CT molecular complexity index is 1190. The van der Waals surface area contributed by atoms with Crippen LogP contribution in [-0.2, 0) is 14.6 Å². The molecule has 0 spiro atoms. The van der Waals surface area contributed by atoms with E-state index in [2.05, 4.69) is 4.98 Å². The third kappa shape index (κ3) is 4.46. The number of carbonyl (C=O) groups excluding carboxylic acids is 1. The number of fused-ring (bicyclic) bond motifs is 1. The van der Waals surface area contributed by atoms with E-state index in [-0.39, 0.29) is 16.9 Å². The number of aromatic amines is 1. The van der Waals surface area contributed by atoms with E-state index in [1.165, 1.54) is 0 Å². The Morgan fingerprint density at radius 2 is 1.71 bits per heavy atom. The summed E-state index contributed by atoms with van der Waals surface area (Å²) in [6, 6.07) is 13.7. The number of carbonyl (C=O) groups is 1. The molecule has 0 atom stereocenters. The van der Waals surface area contributed by atoms with Gasteiger partial charge in [-0.2, -0.15) is 0 Å². The number of nitrogens with zero attached hydrogens (tertiary/aromatic N) is 1. The van der Waals surface area contributed by atoms with Crippen LogP contribution < -0.4 is 0 Å². The third-order valence-electron chi connectivity index (χ3n) is 5.64. The van der Waals surface area contributed by atoms with E-state index >= 15 is 0 Å². The van der Waals surface area contributed by atoms with Gasteiger partial charge in [-0.15, -0.1) is 0 Å². The fourth-order valence-corrected chi connectivity index (χ4v) is 5.37. The van der Waals surface area contributed by atoms with Gasteiger partial charge in [0.05, 0.1) is 9.79 Å². The third-order valence-corrected chi connectivity index (χ3v) is 7.40. The molecule has 3 aromatic rings. The van der Waals surface area contributed by atoms with Crippen molar-refractivity contribution >= 4 is 26.8 Å². The first-order valence-electron chi connectivity index (χ1n) is 10.5. The normalized spacial score (nSPS) is 15.9. The molecule has 2 aromatic carbocycles. The largest absolute Gasteiger partial charge is 0.444 e. The average Bonchev–Trinajstić information content (AvgIpc) is 3.16. The molecule has 1 amide bonds. The van der Waals surface area contributed by atoms with Gasteiger partial charge in [-0.05, 0) is 75.4 Å². The first-order chi connectivity index (χ1) is 14.6. The average molecular weight is 441 g/mol. The SMILES string of the molecule is CC(C)(C)OC(=O)N1CCC(c2c[nH]c3ccc(S(=O)(=O)c4ccccc4)cc23)CC1. The molecule has 0 bridgehead atoms. The molecule has 0 aliphatic carbocycles. The molecule has 31 heavy (non-hydrogen) atoms. The molecule has 6 nitrogen and oxygen atoms in total. The standard InChI is InChI=1S/C24H28N2O4S/c1-24(2,3)30-23(27)26-13-11-17(12-14-26)21-16-25-22-10-9-19(15-20(21)22)31(28,29)18-7-5-4-6-8-18/h4-10,15-17,25H,11-14H2,1-3H3. The summed E-state index contributed by atoms with van der Waals surface area (Å²) in [6.45, 7) is 6.84. The number of ether oxygens (including phenoxy) is 1. The van der Waals surface area contributed by atoms with Crippen molar-refractivity contribution in [3.8, 4) is 0 Å². The second-order valence-electron chi connectivity index (χ2n) is 9.01. The molecule has 0 unspecified atom stereocenters. The Morgan fingerprint density at radius 3 is 2.35 bits per heavy atom. The van der Waals surface area contributed by atoms with Gasteiger partial charge in [-0.1, -0.05) is 18.2 Å². The summed E-state index contributed by atoms with van der Waals surface area (Å²) in [5, 5.41) is 0.924. The molecule has 0 radical (unpaired) electrons. The number of benzene rings is 2. The number of hydrogen-bond acceptors (Lipinski definition) is 4. The summed E-state index contributed by atoms with van der Waals surface area (Å²) in [4.78, 5) is 17.9. The van der Waals surface area contributed by atoms with Gasteiger partial charge < -0.3 is 14.6 Å². The van der Waals surface area contributed by atoms with Crippen LogP contribution in [0.4, 0.5) is 4.79 Å². The van der Waals surface area contributed by atoms with Crippen LogP contribution in [0.15, 0.2) is 64.5 Å². The van der Waals surface area contributed by atoms with Crippen LogP contribution in [0.25, 0.3) is 10.9 Å². The van der Waals surface area contributed by atoms with Crippen LogP contribution in [-0.4, -0.2) is 43.1 Å². The van der Waals surface area contributed by atoms with Crippen molar-refractivity contribution in [2.45, 2.75) is 54.9 Å². The molecule has 7 heteroatoms. The molecule has 1 fully saturated rings. The van der Waals surface area contributed by atoms with Crippen LogP contribution in [0.1, 0.15) is 45.1 Å². The Kier molecular flexibility index (Phi) is 5.56. The zero-order chi connectivity index (χ0) is 22.2. The lowest BCUT2D eigenvalue weighted by molar-refractivity contribution is 0.0205. The van der Waals surface area contributed by atoms with Gasteiger partial charge in [0.1, 0.15) is 5.60 Å². The predicted molar refractivity (Wildman–Crippen MR) is 120 cm³/mol. The van der Waals surface area contributed by atoms with E-state index in [9.17, 15) is 13.2 Å². The Balaban J connectivity index is 1.56. The first kappa shape index (κ1) is 21.4. The lowest BCUT2D eigenvalue weighted by Crippen LogP contribution is -2.41. The molecule has 1 aliphatic rings. The van der Waals surface area contributed by atoms with Crippen LogP contribution >= 0.6 is 0 Å². The van der Waals surface area contributed by atoms with E-state index in [0.29, 0.717) is 18.0 Å². The van der Waals surface area contributed by atoms with E-state index < -0.39 is 15.4 Å². The highest BCUT2D eigenvalue weighted by atomic mass is 32.2. The molecule has 0 saturated carbocycles. The minimum Gasteiger partial charge on any atom is -0.444 e. The molecular formula is C24H28N2O4S. The summed E-state index contributed by atoms with van der Waals surface area (Å²) in [5.74, 6) is 0.252. The summed E-state index contributed by atoms with van der Waals surface area (Å²) in [6.07, 6.45) is 3.31. The molecule has 1 saturated heterocycles. The molecule has 1 aromatic heterocycles. The molecule has 1 aliphatic heterocycles. The predicted octanol–water partition coefficient (Wildman–Crippen LogP) is 5.12. The van der Waals surface area contributed by atoms with Gasteiger partial charge >= 0.3 is 6.09 Å².